The van der Waals surface area contributed by atoms with E-state index in [1.807, 2.05) is 6.92 Å². The van der Waals surface area contributed by atoms with Gasteiger partial charge in [0.1, 0.15) is 0 Å². The minimum absolute atomic E-state index is 0.0455. The zero-order valence-electron chi connectivity index (χ0n) is 10.8. The molecule has 104 valence electrons. The summed E-state index contributed by atoms with van der Waals surface area (Å²) in [6.07, 6.45) is 2.18. The molecule has 0 aromatic heterocycles. The molecule has 1 rings (SSSR count). The summed E-state index contributed by atoms with van der Waals surface area (Å²) in [5.74, 6) is -0.540. The minimum Gasteiger partial charge on any atom is -0.481 e. The van der Waals surface area contributed by atoms with Gasteiger partial charge >= 0.3 is 12.0 Å². The van der Waals surface area contributed by atoms with Gasteiger partial charge in [-0.05, 0) is 25.2 Å². The average molecular weight is 258 g/mol. The van der Waals surface area contributed by atoms with Crippen molar-refractivity contribution in [1.29, 1.82) is 0 Å². The summed E-state index contributed by atoms with van der Waals surface area (Å²) in [5.41, 5.74) is 0. The molecular weight excluding hydrogens is 236 g/mol. The van der Waals surface area contributed by atoms with Crippen LogP contribution in [0.2, 0.25) is 0 Å². The lowest BCUT2D eigenvalue weighted by Crippen LogP contribution is -2.44. The summed E-state index contributed by atoms with van der Waals surface area (Å²) in [4.78, 5) is 24.2. The monoisotopic (exact) mass is 258 g/mol. The van der Waals surface area contributed by atoms with Gasteiger partial charge in [-0.15, -0.1) is 0 Å². The molecule has 0 bridgehead atoms. The molecule has 1 saturated heterocycles. The number of rotatable bonds is 6. The van der Waals surface area contributed by atoms with Crippen molar-refractivity contribution in [1.82, 2.24) is 10.2 Å². The zero-order chi connectivity index (χ0) is 13.5. The lowest BCUT2D eigenvalue weighted by atomic mass is 10.1. The molecule has 2 atom stereocenters. The number of carbonyl (C=O) groups excluding carboxylic acids is 1. The number of nitrogens with zero attached hydrogens (tertiary/aromatic N) is 1. The first-order valence-electron chi connectivity index (χ1n) is 6.44. The van der Waals surface area contributed by atoms with Gasteiger partial charge in [-0.2, -0.15) is 0 Å². The molecule has 0 aliphatic carbocycles. The van der Waals surface area contributed by atoms with Crippen molar-refractivity contribution < 1.29 is 19.8 Å². The molecule has 2 amide bonds. The Morgan fingerprint density at radius 2 is 2.22 bits per heavy atom. The van der Waals surface area contributed by atoms with Crippen molar-refractivity contribution in [3.8, 4) is 0 Å². The van der Waals surface area contributed by atoms with Crippen molar-refractivity contribution >= 4 is 12.0 Å². The van der Waals surface area contributed by atoms with Gasteiger partial charge in [0.25, 0.3) is 0 Å². The van der Waals surface area contributed by atoms with E-state index in [0.717, 1.165) is 12.8 Å². The molecule has 1 aliphatic rings. The van der Waals surface area contributed by atoms with Gasteiger partial charge < -0.3 is 20.4 Å². The van der Waals surface area contributed by atoms with Crippen LogP contribution in [-0.4, -0.2) is 52.9 Å². The highest BCUT2D eigenvalue weighted by Crippen LogP contribution is 2.19. The van der Waals surface area contributed by atoms with E-state index in [9.17, 15) is 9.59 Å². The molecule has 3 N–H and O–H groups in total. The van der Waals surface area contributed by atoms with Gasteiger partial charge in [-0.1, -0.05) is 6.92 Å². The summed E-state index contributed by atoms with van der Waals surface area (Å²) in [7, 11) is 0. The summed E-state index contributed by atoms with van der Waals surface area (Å²) < 4.78 is 0. The molecule has 1 fully saturated rings. The van der Waals surface area contributed by atoms with Crippen LogP contribution in [0.15, 0.2) is 0 Å². The normalized spacial score (nSPS) is 20.8. The predicted octanol–water partition coefficient (Wildman–Crippen LogP) is 0.654. The van der Waals surface area contributed by atoms with Crippen LogP contribution in [0.25, 0.3) is 0 Å². The second kappa shape index (κ2) is 7.20. The number of amides is 2. The van der Waals surface area contributed by atoms with E-state index in [1.165, 1.54) is 0 Å². The number of aliphatic hydroxyl groups excluding tert-OH is 1. The molecule has 6 heteroatoms. The van der Waals surface area contributed by atoms with Crippen LogP contribution in [-0.2, 0) is 4.79 Å². The van der Waals surface area contributed by atoms with Crippen molar-refractivity contribution in [2.75, 3.05) is 19.7 Å². The smallest absolute Gasteiger partial charge is 0.317 e. The fourth-order valence-electron chi connectivity index (χ4n) is 2.21. The lowest BCUT2D eigenvalue weighted by Gasteiger charge is -2.21. The Labute approximate surface area is 107 Å². The molecule has 6 nitrogen and oxygen atoms in total. The van der Waals surface area contributed by atoms with Gasteiger partial charge in [0, 0.05) is 25.7 Å². The lowest BCUT2D eigenvalue weighted by molar-refractivity contribution is -0.137. The largest absolute Gasteiger partial charge is 0.481 e. The number of nitrogens with one attached hydrogen (secondary N) is 1. The summed E-state index contributed by atoms with van der Waals surface area (Å²) in [6, 6.07) is -0.504. The Balaban J connectivity index is 2.38. The van der Waals surface area contributed by atoms with Crippen molar-refractivity contribution in [3.05, 3.63) is 0 Å². The van der Waals surface area contributed by atoms with E-state index in [-0.39, 0.29) is 25.1 Å². The van der Waals surface area contributed by atoms with Gasteiger partial charge in [-0.25, -0.2) is 4.79 Å². The molecule has 1 aliphatic heterocycles. The van der Waals surface area contributed by atoms with E-state index in [4.69, 9.17) is 10.2 Å². The van der Waals surface area contributed by atoms with E-state index >= 15 is 0 Å². The van der Waals surface area contributed by atoms with Crippen LogP contribution < -0.4 is 5.32 Å². The Bertz CT molecular complexity index is 296. The molecule has 0 aromatic rings. The van der Waals surface area contributed by atoms with Gasteiger partial charge in [-0.3, -0.25) is 4.79 Å². The first-order valence-corrected chi connectivity index (χ1v) is 6.44. The molecule has 0 saturated carbocycles. The van der Waals surface area contributed by atoms with Crippen molar-refractivity contribution in [2.45, 2.75) is 38.6 Å². The highest BCUT2D eigenvalue weighted by atomic mass is 16.4. The number of aliphatic hydroxyl groups is 1. The first kappa shape index (κ1) is 14.8. The third-order valence-corrected chi connectivity index (χ3v) is 3.35. The summed E-state index contributed by atoms with van der Waals surface area (Å²) in [5, 5.41) is 20.3. The van der Waals surface area contributed by atoms with Crippen molar-refractivity contribution in [2.24, 2.45) is 5.92 Å². The number of carboxylic acid groups (broad SMARTS) is 1. The maximum absolute atomic E-state index is 11.9. The fraction of sp³-hybridized carbons (Fsp3) is 0.833. The molecule has 0 aromatic carbocycles. The first-order chi connectivity index (χ1) is 8.56. The van der Waals surface area contributed by atoms with Crippen LogP contribution in [0.4, 0.5) is 4.79 Å². The maximum atomic E-state index is 11.9. The molecule has 0 radical (unpaired) electrons. The number of hydrogen-bond acceptors (Lipinski definition) is 3. The molecular formula is C12H22N2O4. The standard InChI is InChI=1S/C12H22N2O4/c1-2-10(7-11(16)17)13-12(18)14-5-3-9(8-14)4-6-15/h9-10,15H,2-8H2,1H3,(H,13,18)(H,16,17). The van der Waals surface area contributed by atoms with E-state index in [1.54, 1.807) is 4.90 Å². The van der Waals surface area contributed by atoms with Crippen LogP contribution >= 0.6 is 0 Å². The number of aliphatic carboxylic acids is 1. The summed E-state index contributed by atoms with van der Waals surface area (Å²) >= 11 is 0. The topological polar surface area (TPSA) is 89.9 Å². The predicted molar refractivity (Wildman–Crippen MR) is 66.2 cm³/mol. The van der Waals surface area contributed by atoms with Crippen LogP contribution in [0.1, 0.15) is 32.6 Å². The molecule has 1 heterocycles. The number of carbonyl (C=O) groups is 2. The summed E-state index contributed by atoms with van der Waals surface area (Å²) in [6.45, 7) is 3.33. The highest BCUT2D eigenvalue weighted by Gasteiger charge is 2.27. The van der Waals surface area contributed by atoms with E-state index in [0.29, 0.717) is 25.4 Å². The second-order valence-corrected chi connectivity index (χ2v) is 4.77. The van der Waals surface area contributed by atoms with Gasteiger partial charge in [0.2, 0.25) is 0 Å². The molecule has 0 spiro atoms. The maximum Gasteiger partial charge on any atom is 0.317 e. The Morgan fingerprint density at radius 1 is 1.50 bits per heavy atom. The number of carboxylic acids is 1. The minimum atomic E-state index is -0.901. The van der Waals surface area contributed by atoms with Gasteiger partial charge in [0.15, 0.2) is 0 Å². The van der Waals surface area contributed by atoms with Crippen LogP contribution in [0.3, 0.4) is 0 Å². The zero-order valence-corrected chi connectivity index (χ0v) is 10.8. The molecule has 18 heavy (non-hydrogen) atoms. The highest BCUT2D eigenvalue weighted by molar-refractivity contribution is 5.76. The average Bonchev–Trinajstić information content (AvgIpc) is 2.76. The number of hydrogen-bond donors (Lipinski definition) is 3. The van der Waals surface area contributed by atoms with Crippen LogP contribution in [0, 0.1) is 5.92 Å². The van der Waals surface area contributed by atoms with Crippen LogP contribution in [0.5, 0.6) is 0 Å². The van der Waals surface area contributed by atoms with Crippen molar-refractivity contribution in [3.63, 3.8) is 0 Å². The van der Waals surface area contributed by atoms with E-state index in [2.05, 4.69) is 5.32 Å². The SMILES string of the molecule is CCC(CC(=O)O)NC(=O)N1CCC(CCO)C1. The van der Waals surface area contributed by atoms with E-state index < -0.39 is 5.97 Å². The number of likely N-dealkylation sites (tertiary alicyclic amines) is 1. The quantitative estimate of drug-likeness (QED) is 0.652. The Kier molecular flexibility index (Phi) is 5.91. The second-order valence-electron chi connectivity index (χ2n) is 4.77. The third-order valence-electron chi connectivity index (χ3n) is 3.35. The number of urea groups is 1. The van der Waals surface area contributed by atoms with Gasteiger partial charge in [0.05, 0.1) is 6.42 Å². The Hall–Kier alpha value is -1.30. The third kappa shape index (κ3) is 4.52. The fourth-order valence-corrected chi connectivity index (χ4v) is 2.21. The molecule has 2 unspecified atom stereocenters. The Morgan fingerprint density at radius 3 is 2.78 bits per heavy atom.